The molecule has 0 saturated carbocycles. The number of urea groups is 1. The van der Waals surface area contributed by atoms with Gasteiger partial charge in [0.15, 0.2) is 0 Å². The molecule has 0 aliphatic carbocycles. The van der Waals surface area contributed by atoms with Crippen LogP contribution in [-0.2, 0) is 16.0 Å². The summed E-state index contributed by atoms with van der Waals surface area (Å²) in [5.74, 6) is -1.03. The van der Waals surface area contributed by atoms with E-state index in [0.717, 1.165) is 21.6 Å². The minimum atomic E-state index is -0.804. The van der Waals surface area contributed by atoms with Gasteiger partial charge < -0.3 is 4.74 Å². The highest BCUT2D eigenvalue weighted by molar-refractivity contribution is 6.39. The average molecular weight is 495 g/mol. The second-order valence-corrected chi connectivity index (χ2v) is 8.56. The molecule has 0 atom stereocenters. The maximum absolute atomic E-state index is 13.1. The number of hydrogen-bond acceptors (Lipinski definition) is 4. The number of carbonyl (C=O) groups excluding carboxylic acids is 3. The maximum Gasteiger partial charge on any atom is 0.335 e. The van der Waals surface area contributed by atoms with Crippen LogP contribution in [0.15, 0.2) is 66.2 Å². The number of barbiturate groups is 1. The molecule has 0 unspecified atom stereocenters. The van der Waals surface area contributed by atoms with Crippen molar-refractivity contribution in [1.29, 1.82) is 0 Å². The standard InChI is InChI=1S/C26H20Cl2N2O4/c1-15-7-9-18(10-8-15)30-25(32)20(24(31)29-26(30)33)11-16-12-22(28)19(23(13-16)34-2)14-17-5-3-4-6-21(17)27/h3-13H,14H2,1-2H3,(H,29,31,33)/b20-11+. The number of benzene rings is 3. The summed E-state index contributed by atoms with van der Waals surface area (Å²) in [6.07, 6.45) is 1.83. The van der Waals surface area contributed by atoms with Gasteiger partial charge in [-0.2, -0.15) is 0 Å². The fourth-order valence-corrected chi connectivity index (χ4v) is 4.14. The van der Waals surface area contributed by atoms with Gasteiger partial charge in [0.2, 0.25) is 0 Å². The number of nitrogens with one attached hydrogen (secondary N) is 1. The third kappa shape index (κ3) is 4.69. The van der Waals surface area contributed by atoms with Crippen molar-refractivity contribution in [3.05, 3.63) is 98.5 Å². The van der Waals surface area contributed by atoms with Gasteiger partial charge in [-0.25, -0.2) is 9.69 Å². The zero-order chi connectivity index (χ0) is 24.4. The molecule has 8 heteroatoms. The van der Waals surface area contributed by atoms with Crippen LogP contribution < -0.4 is 15.0 Å². The quantitative estimate of drug-likeness (QED) is 0.371. The van der Waals surface area contributed by atoms with Gasteiger partial charge in [-0.3, -0.25) is 14.9 Å². The van der Waals surface area contributed by atoms with Crippen molar-refractivity contribution in [3.8, 4) is 5.75 Å². The maximum atomic E-state index is 13.1. The predicted molar refractivity (Wildman–Crippen MR) is 132 cm³/mol. The lowest BCUT2D eigenvalue weighted by molar-refractivity contribution is -0.122. The Hall–Kier alpha value is -3.61. The molecule has 0 aromatic heterocycles. The van der Waals surface area contributed by atoms with Crippen LogP contribution in [0.2, 0.25) is 10.0 Å². The monoisotopic (exact) mass is 494 g/mol. The number of imide groups is 2. The summed E-state index contributed by atoms with van der Waals surface area (Å²) in [6.45, 7) is 1.89. The van der Waals surface area contributed by atoms with E-state index in [1.165, 1.54) is 13.2 Å². The Morgan fingerprint density at radius 2 is 1.68 bits per heavy atom. The Morgan fingerprint density at radius 3 is 2.35 bits per heavy atom. The zero-order valence-electron chi connectivity index (χ0n) is 18.4. The molecular formula is C26H20Cl2N2O4. The van der Waals surface area contributed by atoms with Gasteiger partial charge in [0, 0.05) is 22.0 Å². The van der Waals surface area contributed by atoms with E-state index in [2.05, 4.69) is 5.32 Å². The highest BCUT2D eigenvalue weighted by atomic mass is 35.5. The molecule has 0 bridgehead atoms. The van der Waals surface area contributed by atoms with Crippen LogP contribution in [0.25, 0.3) is 6.08 Å². The first-order valence-electron chi connectivity index (χ1n) is 10.4. The lowest BCUT2D eigenvalue weighted by atomic mass is 10.00. The van der Waals surface area contributed by atoms with Gasteiger partial charge in [0.25, 0.3) is 11.8 Å². The number of methoxy groups -OCH3 is 1. The lowest BCUT2D eigenvalue weighted by Gasteiger charge is -2.26. The first kappa shape index (κ1) is 23.5. The molecule has 0 spiro atoms. The molecule has 1 fully saturated rings. The summed E-state index contributed by atoms with van der Waals surface area (Å²) in [5, 5.41) is 3.22. The second kappa shape index (κ2) is 9.71. The fourth-order valence-electron chi connectivity index (χ4n) is 3.65. The highest BCUT2D eigenvalue weighted by Gasteiger charge is 2.36. The van der Waals surface area contributed by atoms with E-state index in [0.29, 0.717) is 33.5 Å². The molecule has 1 N–H and O–H groups in total. The van der Waals surface area contributed by atoms with Gasteiger partial charge in [0.05, 0.1) is 12.8 Å². The molecule has 34 heavy (non-hydrogen) atoms. The summed E-state index contributed by atoms with van der Waals surface area (Å²) in [5.41, 5.74) is 3.20. The number of anilines is 1. The number of nitrogens with zero attached hydrogens (tertiary/aromatic N) is 1. The predicted octanol–water partition coefficient (Wildman–Crippen LogP) is 5.57. The minimum absolute atomic E-state index is 0.197. The molecule has 3 aromatic rings. The van der Waals surface area contributed by atoms with E-state index in [-0.39, 0.29) is 5.57 Å². The smallest absolute Gasteiger partial charge is 0.335 e. The molecule has 1 aliphatic heterocycles. The van der Waals surface area contributed by atoms with Crippen LogP contribution in [-0.4, -0.2) is 25.0 Å². The van der Waals surface area contributed by atoms with E-state index in [1.807, 2.05) is 25.1 Å². The number of amides is 4. The third-order valence-corrected chi connectivity index (χ3v) is 6.13. The summed E-state index contributed by atoms with van der Waals surface area (Å²) >= 11 is 12.9. The number of halogens is 2. The Morgan fingerprint density at radius 1 is 0.971 bits per heavy atom. The van der Waals surface area contributed by atoms with Crippen LogP contribution in [0.4, 0.5) is 10.5 Å². The molecule has 1 aliphatic rings. The first-order chi connectivity index (χ1) is 16.3. The largest absolute Gasteiger partial charge is 0.496 e. The van der Waals surface area contributed by atoms with Gasteiger partial charge >= 0.3 is 6.03 Å². The molecule has 0 radical (unpaired) electrons. The highest BCUT2D eigenvalue weighted by Crippen LogP contribution is 2.33. The van der Waals surface area contributed by atoms with Crippen molar-refractivity contribution in [2.75, 3.05) is 12.0 Å². The van der Waals surface area contributed by atoms with Crippen molar-refractivity contribution < 1.29 is 19.1 Å². The van der Waals surface area contributed by atoms with Crippen molar-refractivity contribution in [2.24, 2.45) is 0 Å². The van der Waals surface area contributed by atoms with E-state index >= 15 is 0 Å². The van der Waals surface area contributed by atoms with Gasteiger partial charge in [-0.15, -0.1) is 0 Å². The SMILES string of the molecule is COc1cc(/C=C2\C(=O)NC(=O)N(c3ccc(C)cc3)C2=O)cc(Cl)c1Cc1ccccc1Cl. The number of carbonyl (C=O) groups is 3. The van der Waals surface area contributed by atoms with Crippen LogP contribution in [0.1, 0.15) is 22.3 Å². The molecular weight excluding hydrogens is 475 g/mol. The normalized spacial score (nSPS) is 15.0. The summed E-state index contributed by atoms with van der Waals surface area (Å²) in [4.78, 5) is 38.9. The zero-order valence-corrected chi connectivity index (χ0v) is 19.9. The third-order valence-electron chi connectivity index (χ3n) is 5.43. The Kier molecular flexibility index (Phi) is 6.72. The molecule has 1 heterocycles. The van der Waals surface area contributed by atoms with Crippen LogP contribution in [0.3, 0.4) is 0 Å². The Balaban J connectivity index is 1.71. The molecule has 4 amide bonds. The molecule has 6 nitrogen and oxygen atoms in total. The van der Waals surface area contributed by atoms with Crippen LogP contribution >= 0.6 is 23.2 Å². The Bertz CT molecular complexity index is 1330. The fraction of sp³-hybridized carbons (Fsp3) is 0.115. The number of aryl methyl sites for hydroxylation is 1. The summed E-state index contributed by atoms with van der Waals surface area (Å²) in [6, 6.07) is 16.8. The molecule has 3 aromatic carbocycles. The summed E-state index contributed by atoms with van der Waals surface area (Å²) < 4.78 is 5.53. The average Bonchev–Trinajstić information content (AvgIpc) is 2.80. The van der Waals surface area contributed by atoms with Crippen molar-refractivity contribution in [3.63, 3.8) is 0 Å². The molecule has 4 rings (SSSR count). The molecule has 172 valence electrons. The van der Waals surface area contributed by atoms with Crippen molar-refractivity contribution in [2.45, 2.75) is 13.3 Å². The van der Waals surface area contributed by atoms with Gasteiger partial charge in [-0.05, 0) is 54.5 Å². The van der Waals surface area contributed by atoms with Crippen LogP contribution in [0, 0.1) is 6.92 Å². The van der Waals surface area contributed by atoms with E-state index in [9.17, 15) is 14.4 Å². The van der Waals surface area contributed by atoms with E-state index in [4.69, 9.17) is 27.9 Å². The number of rotatable bonds is 5. The minimum Gasteiger partial charge on any atom is -0.496 e. The second-order valence-electron chi connectivity index (χ2n) is 7.75. The lowest BCUT2D eigenvalue weighted by Crippen LogP contribution is -2.54. The van der Waals surface area contributed by atoms with Crippen LogP contribution in [0.5, 0.6) is 5.75 Å². The van der Waals surface area contributed by atoms with Crippen molar-refractivity contribution >= 4 is 52.8 Å². The van der Waals surface area contributed by atoms with E-state index < -0.39 is 17.8 Å². The van der Waals surface area contributed by atoms with Gasteiger partial charge in [-0.1, -0.05) is 59.1 Å². The first-order valence-corrected chi connectivity index (χ1v) is 11.1. The topological polar surface area (TPSA) is 75.7 Å². The van der Waals surface area contributed by atoms with E-state index in [1.54, 1.807) is 42.5 Å². The molecule has 1 saturated heterocycles. The van der Waals surface area contributed by atoms with Gasteiger partial charge in [0.1, 0.15) is 11.3 Å². The number of ether oxygens (including phenoxy) is 1. The number of hydrogen-bond donors (Lipinski definition) is 1. The summed E-state index contributed by atoms with van der Waals surface area (Å²) in [7, 11) is 1.51. The van der Waals surface area contributed by atoms with Crippen molar-refractivity contribution in [1.82, 2.24) is 5.32 Å². The Labute approximate surface area is 206 Å².